The molecule has 0 spiro atoms. The van der Waals surface area contributed by atoms with Gasteiger partial charge in [0.1, 0.15) is 17.7 Å². The first kappa shape index (κ1) is 18.4. The molecule has 5 rings (SSSR count). The van der Waals surface area contributed by atoms with Crippen molar-refractivity contribution in [1.82, 2.24) is 14.6 Å². The van der Waals surface area contributed by atoms with Gasteiger partial charge in [0.2, 0.25) is 0 Å². The van der Waals surface area contributed by atoms with E-state index in [4.69, 9.17) is 9.15 Å². The lowest BCUT2D eigenvalue weighted by molar-refractivity contribution is -0.122. The van der Waals surface area contributed by atoms with Gasteiger partial charge in [-0.05, 0) is 62.4 Å². The smallest absolute Gasteiger partial charge is 0.339 e. The van der Waals surface area contributed by atoms with Gasteiger partial charge in [0.25, 0.3) is 5.91 Å². The fraction of sp³-hybridized carbons (Fsp3) is 0.273. The van der Waals surface area contributed by atoms with Crippen molar-refractivity contribution in [3.8, 4) is 5.75 Å². The van der Waals surface area contributed by atoms with E-state index in [1.807, 2.05) is 12.1 Å². The van der Waals surface area contributed by atoms with Crippen LogP contribution in [0.25, 0.3) is 16.6 Å². The monoisotopic (exact) mass is 404 g/mol. The number of benzene rings is 1. The van der Waals surface area contributed by atoms with E-state index in [1.54, 1.807) is 35.8 Å². The lowest BCUT2D eigenvalue weighted by Crippen LogP contribution is -2.30. The van der Waals surface area contributed by atoms with Gasteiger partial charge in [-0.3, -0.25) is 4.79 Å². The van der Waals surface area contributed by atoms with E-state index in [9.17, 15) is 9.59 Å². The first-order valence-electron chi connectivity index (χ1n) is 9.94. The molecule has 1 aliphatic rings. The minimum atomic E-state index is -0.752. The Labute approximate surface area is 171 Å². The Morgan fingerprint density at radius 1 is 1.20 bits per heavy atom. The molecule has 3 heterocycles. The van der Waals surface area contributed by atoms with Crippen molar-refractivity contribution in [2.45, 2.75) is 38.7 Å². The molecule has 1 atom stereocenters. The Kier molecular flexibility index (Phi) is 4.46. The van der Waals surface area contributed by atoms with Gasteiger partial charge in [-0.2, -0.15) is 5.10 Å². The number of aromatic nitrogens is 3. The number of rotatable bonds is 4. The van der Waals surface area contributed by atoms with Gasteiger partial charge in [0, 0.05) is 17.0 Å². The number of nitrogens with zero attached hydrogens (tertiary/aromatic N) is 3. The second-order valence-electron chi connectivity index (χ2n) is 7.44. The molecule has 1 amide bonds. The SMILES string of the molecule is CC(Oc1ccc2c3c(c(=O)oc2c1)CCCC3)C(=O)Nc1ccc2ncnn2c1. The van der Waals surface area contributed by atoms with Gasteiger partial charge in [0.15, 0.2) is 11.8 Å². The molecule has 3 aromatic heterocycles. The van der Waals surface area contributed by atoms with E-state index < -0.39 is 6.10 Å². The van der Waals surface area contributed by atoms with Gasteiger partial charge in [0.05, 0.1) is 11.9 Å². The molecule has 1 aromatic carbocycles. The maximum absolute atomic E-state index is 12.5. The number of hydrogen-bond acceptors (Lipinski definition) is 6. The summed E-state index contributed by atoms with van der Waals surface area (Å²) in [5.74, 6) is 0.164. The van der Waals surface area contributed by atoms with Crippen LogP contribution in [-0.2, 0) is 17.6 Å². The Bertz CT molecular complexity index is 1320. The molecule has 0 radical (unpaired) electrons. The third-order valence-electron chi connectivity index (χ3n) is 5.42. The van der Waals surface area contributed by atoms with E-state index >= 15 is 0 Å². The average molecular weight is 404 g/mol. The molecule has 0 bridgehead atoms. The molecule has 0 fully saturated rings. The van der Waals surface area contributed by atoms with Crippen LogP contribution in [0.3, 0.4) is 0 Å². The van der Waals surface area contributed by atoms with Crippen molar-refractivity contribution < 1.29 is 13.9 Å². The zero-order chi connectivity index (χ0) is 20.7. The van der Waals surface area contributed by atoms with E-state index in [2.05, 4.69) is 15.4 Å². The van der Waals surface area contributed by atoms with Crippen molar-refractivity contribution in [1.29, 1.82) is 0 Å². The van der Waals surface area contributed by atoms with Crippen molar-refractivity contribution in [2.75, 3.05) is 5.32 Å². The van der Waals surface area contributed by atoms with Gasteiger partial charge in [-0.15, -0.1) is 0 Å². The van der Waals surface area contributed by atoms with E-state index in [0.717, 1.165) is 42.2 Å². The first-order chi connectivity index (χ1) is 14.6. The molecule has 4 aromatic rings. The predicted octanol–water partition coefficient (Wildman–Crippen LogP) is 3.12. The van der Waals surface area contributed by atoms with E-state index in [0.29, 0.717) is 22.7 Å². The Balaban J connectivity index is 1.35. The molecule has 8 heteroatoms. The molecule has 8 nitrogen and oxygen atoms in total. The van der Waals surface area contributed by atoms with Crippen LogP contribution in [0.5, 0.6) is 5.75 Å². The lowest BCUT2D eigenvalue weighted by atomic mass is 9.91. The second-order valence-corrected chi connectivity index (χ2v) is 7.44. The van der Waals surface area contributed by atoms with Crippen molar-refractivity contribution in [2.24, 2.45) is 0 Å². The molecule has 30 heavy (non-hydrogen) atoms. The minimum Gasteiger partial charge on any atom is -0.481 e. The first-order valence-corrected chi connectivity index (χ1v) is 9.94. The van der Waals surface area contributed by atoms with Crippen LogP contribution in [-0.4, -0.2) is 26.6 Å². The summed E-state index contributed by atoms with van der Waals surface area (Å²) >= 11 is 0. The summed E-state index contributed by atoms with van der Waals surface area (Å²) in [6, 6.07) is 8.91. The van der Waals surface area contributed by atoms with E-state index in [-0.39, 0.29) is 11.5 Å². The normalized spacial score (nSPS) is 14.4. The molecule has 1 N–H and O–H groups in total. The molecule has 0 aliphatic heterocycles. The summed E-state index contributed by atoms with van der Waals surface area (Å²) in [5.41, 5.74) is 3.36. The highest BCUT2D eigenvalue weighted by molar-refractivity contribution is 5.94. The van der Waals surface area contributed by atoms with Crippen LogP contribution in [0.4, 0.5) is 5.69 Å². The van der Waals surface area contributed by atoms with Crippen LogP contribution >= 0.6 is 0 Å². The number of hydrogen-bond donors (Lipinski definition) is 1. The lowest BCUT2D eigenvalue weighted by Gasteiger charge is -2.18. The highest BCUT2D eigenvalue weighted by Crippen LogP contribution is 2.29. The average Bonchev–Trinajstić information content (AvgIpc) is 3.21. The Morgan fingerprint density at radius 2 is 2.03 bits per heavy atom. The number of ether oxygens (including phenoxy) is 1. The third kappa shape index (κ3) is 3.30. The number of pyridine rings is 1. The number of carbonyl (C=O) groups excluding carboxylic acids is 1. The standard InChI is InChI=1S/C22H20N4O4/c1-13(21(27)25-14-6-9-20-23-12-24-26(20)11-14)29-15-7-8-17-16-4-2-3-5-18(16)22(28)30-19(17)10-15/h6-13H,2-5H2,1H3,(H,25,27). The number of amides is 1. The molecular formula is C22H20N4O4. The molecule has 152 valence electrons. The summed E-state index contributed by atoms with van der Waals surface area (Å²) in [6.45, 7) is 1.66. The topological polar surface area (TPSA) is 98.7 Å². The highest BCUT2D eigenvalue weighted by atomic mass is 16.5. The maximum Gasteiger partial charge on any atom is 0.339 e. The summed E-state index contributed by atoms with van der Waals surface area (Å²) in [6.07, 6.45) is 6.11. The Morgan fingerprint density at radius 3 is 2.90 bits per heavy atom. The van der Waals surface area contributed by atoms with Gasteiger partial charge >= 0.3 is 5.63 Å². The number of carbonyl (C=O) groups is 1. The predicted molar refractivity (Wildman–Crippen MR) is 111 cm³/mol. The second kappa shape index (κ2) is 7.29. The van der Waals surface area contributed by atoms with E-state index in [1.165, 1.54) is 6.33 Å². The minimum absolute atomic E-state index is 0.274. The largest absolute Gasteiger partial charge is 0.481 e. The number of anilines is 1. The van der Waals surface area contributed by atoms with Crippen LogP contribution in [0.15, 0.2) is 52.1 Å². The molecular weight excluding hydrogens is 384 g/mol. The third-order valence-corrected chi connectivity index (χ3v) is 5.42. The zero-order valence-electron chi connectivity index (χ0n) is 16.4. The van der Waals surface area contributed by atoms with Crippen LogP contribution < -0.4 is 15.7 Å². The number of nitrogens with one attached hydrogen (secondary N) is 1. The Hall–Kier alpha value is -3.68. The summed E-state index contributed by atoms with van der Waals surface area (Å²) in [4.78, 5) is 28.9. The zero-order valence-corrected chi connectivity index (χ0v) is 16.4. The highest BCUT2D eigenvalue weighted by Gasteiger charge is 2.20. The quantitative estimate of drug-likeness (QED) is 0.525. The maximum atomic E-state index is 12.5. The van der Waals surface area contributed by atoms with Gasteiger partial charge < -0.3 is 14.5 Å². The number of aryl methyl sites for hydroxylation is 1. The molecule has 1 unspecified atom stereocenters. The molecule has 1 aliphatic carbocycles. The fourth-order valence-corrected chi connectivity index (χ4v) is 3.89. The fourth-order valence-electron chi connectivity index (χ4n) is 3.89. The summed E-state index contributed by atoms with van der Waals surface area (Å²) in [5, 5.41) is 7.80. The van der Waals surface area contributed by atoms with Crippen molar-refractivity contribution >= 4 is 28.2 Å². The van der Waals surface area contributed by atoms with Crippen molar-refractivity contribution in [3.63, 3.8) is 0 Å². The van der Waals surface area contributed by atoms with Crippen LogP contribution in [0, 0.1) is 0 Å². The van der Waals surface area contributed by atoms with Crippen molar-refractivity contribution in [3.05, 3.63) is 64.4 Å². The summed E-state index contributed by atoms with van der Waals surface area (Å²) < 4.78 is 12.9. The van der Waals surface area contributed by atoms with Crippen LogP contribution in [0.2, 0.25) is 0 Å². The molecule has 0 saturated carbocycles. The van der Waals surface area contributed by atoms with Crippen LogP contribution in [0.1, 0.15) is 30.9 Å². The summed E-state index contributed by atoms with van der Waals surface area (Å²) in [7, 11) is 0. The van der Waals surface area contributed by atoms with Gasteiger partial charge in [-0.1, -0.05) is 0 Å². The molecule has 0 saturated heterocycles. The number of fused-ring (bicyclic) bond motifs is 4. The van der Waals surface area contributed by atoms with Gasteiger partial charge in [-0.25, -0.2) is 14.3 Å².